The van der Waals surface area contributed by atoms with Gasteiger partial charge in [0.25, 0.3) is 0 Å². The third-order valence-corrected chi connectivity index (χ3v) is 3.44. The van der Waals surface area contributed by atoms with Crippen LogP contribution in [-0.2, 0) is 11.5 Å². The van der Waals surface area contributed by atoms with E-state index in [-0.39, 0.29) is 11.3 Å². The Balaban J connectivity index is 1.84. The number of hydrogen-bond donors (Lipinski definition) is 0. The Labute approximate surface area is 119 Å². The average molecular weight is 285 g/mol. The van der Waals surface area contributed by atoms with E-state index in [0.29, 0.717) is 5.02 Å². The highest BCUT2D eigenvalue weighted by Crippen LogP contribution is 2.18. The second-order valence-electron chi connectivity index (χ2n) is 6.00. The summed E-state index contributed by atoms with van der Waals surface area (Å²) in [5.41, 5.74) is -0.294. The zero-order chi connectivity index (χ0) is 14.0. The van der Waals surface area contributed by atoms with Gasteiger partial charge in [-0.2, -0.15) is 5.10 Å². The number of halogens is 1. The summed E-state index contributed by atoms with van der Waals surface area (Å²) in [5.74, 6) is 0.231. The number of nitrogens with zero attached hydrogens (tertiary/aromatic N) is 4. The minimum Gasteiger partial charge on any atom is -0.340 e. The van der Waals surface area contributed by atoms with Crippen LogP contribution >= 0.6 is 11.6 Å². The van der Waals surface area contributed by atoms with Crippen molar-refractivity contribution in [1.82, 2.24) is 19.6 Å². The SMILES string of the molecule is CC(C)(C)C(=O)N1CCN(Cn2cc(Cl)cn2)CC1. The second-order valence-corrected chi connectivity index (χ2v) is 6.44. The van der Waals surface area contributed by atoms with Gasteiger partial charge in [0.1, 0.15) is 0 Å². The molecule has 0 spiro atoms. The number of piperazine rings is 1. The molecule has 1 aliphatic rings. The molecule has 0 bridgehead atoms. The lowest BCUT2D eigenvalue weighted by Gasteiger charge is -2.37. The first-order valence-electron chi connectivity index (χ1n) is 6.56. The average Bonchev–Trinajstić information content (AvgIpc) is 2.74. The van der Waals surface area contributed by atoms with Crippen LogP contribution in [0.5, 0.6) is 0 Å². The molecule has 0 radical (unpaired) electrons. The van der Waals surface area contributed by atoms with Gasteiger partial charge >= 0.3 is 0 Å². The van der Waals surface area contributed by atoms with E-state index in [1.54, 1.807) is 6.20 Å². The van der Waals surface area contributed by atoms with E-state index in [0.717, 1.165) is 32.8 Å². The van der Waals surface area contributed by atoms with Crippen LogP contribution in [0, 0.1) is 5.41 Å². The molecule has 0 N–H and O–H groups in total. The molecule has 1 aromatic rings. The minimum absolute atomic E-state index is 0.231. The van der Waals surface area contributed by atoms with Crippen molar-refractivity contribution in [3.8, 4) is 0 Å². The van der Waals surface area contributed by atoms with Gasteiger partial charge in [-0.1, -0.05) is 32.4 Å². The molecule has 0 aliphatic carbocycles. The van der Waals surface area contributed by atoms with Crippen molar-refractivity contribution in [2.75, 3.05) is 26.2 Å². The van der Waals surface area contributed by atoms with Crippen molar-refractivity contribution in [3.05, 3.63) is 17.4 Å². The molecular weight excluding hydrogens is 264 g/mol. The van der Waals surface area contributed by atoms with Gasteiger partial charge in [-0.15, -0.1) is 0 Å². The van der Waals surface area contributed by atoms with Crippen LogP contribution in [0.2, 0.25) is 5.02 Å². The number of amides is 1. The van der Waals surface area contributed by atoms with Crippen LogP contribution in [0.15, 0.2) is 12.4 Å². The van der Waals surface area contributed by atoms with Crippen LogP contribution in [0.1, 0.15) is 20.8 Å². The van der Waals surface area contributed by atoms with Gasteiger partial charge in [-0.3, -0.25) is 14.4 Å². The number of aromatic nitrogens is 2. The van der Waals surface area contributed by atoms with Crippen molar-refractivity contribution >= 4 is 17.5 Å². The van der Waals surface area contributed by atoms with Crippen LogP contribution in [0.25, 0.3) is 0 Å². The van der Waals surface area contributed by atoms with Crippen LogP contribution in [0.3, 0.4) is 0 Å². The predicted octanol–water partition coefficient (Wildman–Crippen LogP) is 1.68. The van der Waals surface area contributed by atoms with E-state index in [9.17, 15) is 4.79 Å². The molecule has 1 saturated heterocycles. The smallest absolute Gasteiger partial charge is 0.228 e. The lowest BCUT2D eigenvalue weighted by Crippen LogP contribution is -2.51. The summed E-state index contributed by atoms with van der Waals surface area (Å²) >= 11 is 5.84. The molecular formula is C13H21ClN4O. The highest BCUT2D eigenvalue weighted by atomic mass is 35.5. The Morgan fingerprint density at radius 3 is 2.42 bits per heavy atom. The summed E-state index contributed by atoms with van der Waals surface area (Å²) < 4.78 is 1.82. The highest BCUT2D eigenvalue weighted by molar-refractivity contribution is 6.30. The summed E-state index contributed by atoms with van der Waals surface area (Å²) in [4.78, 5) is 16.4. The van der Waals surface area contributed by atoms with E-state index in [4.69, 9.17) is 11.6 Å². The van der Waals surface area contributed by atoms with Crippen molar-refractivity contribution in [2.24, 2.45) is 5.41 Å². The van der Waals surface area contributed by atoms with E-state index in [1.165, 1.54) is 0 Å². The first-order chi connectivity index (χ1) is 8.86. The molecule has 0 aromatic carbocycles. The number of rotatable bonds is 2. The zero-order valence-corrected chi connectivity index (χ0v) is 12.5. The lowest BCUT2D eigenvalue weighted by molar-refractivity contribution is -0.141. The fourth-order valence-electron chi connectivity index (χ4n) is 2.19. The maximum absolute atomic E-state index is 12.2. The predicted molar refractivity (Wildman–Crippen MR) is 74.8 cm³/mol. The molecule has 19 heavy (non-hydrogen) atoms. The molecule has 2 heterocycles. The molecule has 0 saturated carbocycles. The van der Waals surface area contributed by atoms with E-state index >= 15 is 0 Å². The van der Waals surface area contributed by atoms with E-state index in [1.807, 2.05) is 36.5 Å². The molecule has 0 unspecified atom stereocenters. The van der Waals surface area contributed by atoms with Crippen molar-refractivity contribution in [1.29, 1.82) is 0 Å². The molecule has 6 heteroatoms. The van der Waals surface area contributed by atoms with Gasteiger partial charge in [-0.25, -0.2) is 0 Å². The first-order valence-corrected chi connectivity index (χ1v) is 6.94. The Morgan fingerprint density at radius 2 is 1.95 bits per heavy atom. The summed E-state index contributed by atoms with van der Waals surface area (Å²) in [6.45, 7) is 9.94. The summed E-state index contributed by atoms with van der Waals surface area (Å²) in [6.07, 6.45) is 3.45. The molecule has 1 aliphatic heterocycles. The fraction of sp³-hybridized carbons (Fsp3) is 0.692. The van der Waals surface area contributed by atoms with Gasteiger partial charge in [0.05, 0.1) is 17.9 Å². The molecule has 1 amide bonds. The molecule has 106 valence electrons. The third-order valence-electron chi connectivity index (χ3n) is 3.25. The Hall–Kier alpha value is -1.07. The largest absolute Gasteiger partial charge is 0.340 e. The van der Waals surface area contributed by atoms with Crippen LogP contribution in [0.4, 0.5) is 0 Å². The first kappa shape index (κ1) is 14.3. The lowest BCUT2D eigenvalue weighted by atomic mass is 9.94. The highest BCUT2D eigenvalue weighted by Gasteiger charge is 2.29. The maximum Gasteiger partial charge on any atom is 0.228 e. The summed E-state index contributed by atoms with van der Waals surface area (Å²) in [5, 5.41) is 4.82. The zero-order valence-electron chi connectivity index (χ0n) is 11.8. The van der Waals surface area contributed by atoms with Crippen LogP contribution < -0.4 is 0 Å². The van der Waals surface area contributed by atoms with Crippen molar-refractivity contribution in [2.45, 2.75) is 27.4 Å². The Morgan fingerprint density at radius 1 is 1.32 bits per heavy atom. The topological polar surface area (TPSA) is 41.4 Å². The van der Waals surface area contributed by atoms with E-state index in [2.05, 4.69) is 10.00 Å². The van der Waals surface area contributed by atoms with Gasteiger partial charge in [0, 0.05) is 37.8 Å². The molecule has 0 atom stereocenters. The quantitative estimate of drug-likeness (QED) is 0.830. The van der Waals surface area contributed by atoms with Gasteiger partial charge < -0.3 is 4.90 Å². The monoisotopic (exact) mass is 284 g/mol. The molecule has 1 aromatic heterocycles. The van der Waals surface area contributed by atoms with Gasteiger partial charge in [0.2, 0.25) is 5.91 Å². The van der Waals surface area contributed by atoms with Crippen molar-refractivity contribution in [3.63, 3.8) is 0 Å². The van der Waals surface area contributed by atoms with Crippen molar-refractivity contribution < 1.29 is 4.79 Å². The van der Waals surface area contributed by atoms with Gasteiger partial charge in [0.15, 0.2) is 0 Å². The molecule has 2 rings (SSSR count). The molecule has 1 fully saturated rings. The Bertz CT molecular complexity index is 444. The summed E-state index contributed by atoms with van der Waals surface area (Å²) in [6, 6.07) is 0. The third kappa shape index (κ3) is 3.70. The number of carbonyl (C=O) groups excluding carboxylic acids is 1. The maximum atomic E-state index is 12.2. The van der Waals surface area contributed by atoms with E-state index < -0.39 is 0 Å². The number of hydrogen-bond acceptors (Lipinski definition) is 3. The number of carbonyl (C=O) groups is 1. The fourth-order valence-corrected chi connectivity index (χ4v) is 2.34. The van der Waals surface area contributed by atoms with Crippen LogP contribution in [-0.4, -0.2) is 51.7 Å². The minimum atomic E-state index is -0.294. The van der Waals surface area contributed by atoms with Gasteiger partial charge in [-0.05, 0) is 0 Å². The standard InChI is InChI=1S/C13H21ClN4O/c1-13(2,3)12(19)17-6-4-16(5-7-17)10-18-9-11(14)8-15-18/h8-9H,4-7,10H2,1-3H3. The Kier molecular flexibility index (Phi) is 4.16. The molecule has 5 nitrogen and oxygen atoms in total. The normalized spacial score (nSPS) is 17.8. The second kappa shape index (κ2) is 5.51. The summed E-state index contributed by atoms with van der Waals surface area (Å²) in [7, 11) is 0.